The van der Waals surface area contributed by atoms with Gasteiger partial charge in [0.15, 0.2) is 5.11 Å². The number of aryl methyl sites for hydroxylation is 1. The van der Waals surface area contributed by atoms with E-state index in [0.717, 1.165) is 19.3 Å². The first kappa shape index (κ1) is 14.5. The summed E-state index contributed by atoms with van der Waals surface area (Å²) in [6, 6.07) is 5.76. The van der Waals surface area contributed by atoms with Gasteiger partial charge in [-0.2, -0.15) is 0 Å². The van der Waals surface area contributed by atoms with Crippen LogP contribution in [0.2, 0.25) is 0 Å². The summed E-state index contributed by atoms with van der Waals surface area (Å²) >= 11 is 5.15. The quantitative estimate of drug-likeness (QED) is 0.627. The van der Waals surface area contributed by atoms with E-state index in [9.17, 15) is 4.79 Å². The summed E-state index contributed by atoms with van der Waals surface area (Å²) < 4.78 is 1.61. The van der Waals surface area contributed by atoms with Gasteiger partial charge in [-0.1, -0.05) is 18.2 Å². The van der Waals surface area contributed by atoms with Crippen LogP contribution in [-0.2, 0) is 6.42 Å². The maximum absolute atomic E-state index is 12.2. The Morgan fingerprint density at radius 3 is 3.05 bits per heavy atom. The van der Waals surface area contributed by atoms with Crippen molar-refractivity contribution >= 4 is 29.3 Å². The lowest BCUT2D eigenvalue weighted by atomic mass is 10.0. The minimum atomic E-state index is -0.210. The fraction of sp³-hybridized carbons (Fsp3) is 0.188. The average Bonchev–Trinajstić information content (AvgIpc) is 2.97. The van der Waals surface area contributed by atoms with E-state index < -0.39 is 0 Å². The highest BCUT2D eigenvalue weighted by Gasteiger charge is 2.10. The van der Waals surface area contributed by atoms with E-state index in [4.69, 9.17) is 12.2 Å². The third-order valence-electron chi connectivity index (χ3n) is 3.54. The number of imidazole rings is 1. The molecule has 0 unspecified atom stereocenters. The standard InChI is InChI=1S/C16H16N4OS/c21-15(18-19-16(22)20-9-8-17-11-20)14-7-6-12-4-2-1-3-5-13(12)10-14/h2,4,6-11H,1,3,5H2,(H,18,21)(H,19,22). The van der Waals surface area contributed by atoms with Crippen LogP contribution >= 0.6 is 12.2 Å². The monoisotopic (exact) mass is 312 g/mol. The van der Waals surface area contributed by atoms with E-state index in [1.165, 1.54) is 11.1 Å². The normalized spacial score (nSPS) is 13.1. The van der Waals surface area contributed by atoms with Gasteiger partial charge in [0.1, 0.15) is 6.33 Å². The van der Waals surface area contributed by atoms with Crippen molar-refractivity contribution in [2.75, 3.05) is 0 Å². The van der Waals surface area contributed by atoms with Crippen LogP contribution in [0.15, 0.2) is 43.0 Å². The fourth-order valence-electron chi connectivity index (χ4n) is 2.37. The van der Waals surface area contributed by atoms with Crippen LogP contribution < -0.4 is 10.9 Å². The largest absolute Gasteiger partial charge is 0.282 e. The minimum absolute atomic E-state index is 0.210. The van der Waals surface area contributed by atoms with Crippen LogP contribution in [0.4, 0.5) is 0 Å². The number of aromatic nitrogens is 2. The number of carbonyl (C=O) groups is 1. The minimum Gasteiger partial charge on any atom is -0.282 e. The van der Waals surface area contributed by atoms with Crippen molar-refractivity contribution in [2.45, 2.75) is 19.3 Å². The molecule has 3 rings (SSSR count). The first-order valence-corrected chi connectivity index (χ1v) is 7.53. The maximum Gasteiger partial charge on any atom is 0.269 e. The van der Waals surface area contributed by atoms with Crippen LogP contribution in [-0.4, -0.2) is 20.6 Å². The first-order valence-electron chi connectivity index (χ1n) is 7.12. The Balaban J connectivity index is 1.67. The summed E-state index contributed by atoms with van der Waals surface area (Å²) in [4.78, 5) is 16.1. The highest BCUT2D eigenvalue weighted by molar-refractivity contribution is 7.80. The van der Waals surface area contributed by atoms with E-state index in [1.807, 2.05) is 18.2 Å². The van der Waals surface area contributed by atoms with E-state index in [0.29, 0.717) is 10.7 Å². The van der Waals surface area contributed by atoms with Crippen LogP contribution in [0.3, 0.4) is 0 Å². The van der Waals surface area contributed by atoms with Gasteiger partial charge in [-0.25, -0.2) is 4.98 Å². The number of rotatable bonds is 1. The van der Waals surface area contributed by atoms with Crippen LogP contribution in [0, 0.1) is 0 Å². The number of benzene rings is 1. The summed E-state index contributed by atoms with van der Waals surface area (Å²) in [6.45, 7) is 0. The number of hydrogen-bond donors (Lipinski definition) is 2. The molecule has 5 nitrogen and oxygen atoms in total. The molecule has 1 heterocycles. The predicted molar refractivity (Wildman–Crippen MR) is 89.2 cm³/mol. The summed E-state index contributed by atoms with van der Waals surface area (Å²) in [5.41, 5.74) is 8.35. The Hall–Kier alpha value is -2.47. The molecule has 0 radical (unpaired) electrons. The molecule has 1 aromatic heterocycles. The molecule has 0 atom stereocenters. The molecule has 0 fully saturated rings. The first-order chi connectivity index (χ1) is 10.7. The fourth-order valence-corrected chi connectivity index (χ4v) is 2.53. The zero-order valence-corrected chi connectivity index (χ0v) is 12.8. The number of nitrogens with one attached hydrogen (secondary N) is 2. The van der Waals surface area contributed by atoms with Gasteiger partial charge in [-0.05, 0) is 54.7 Å². The lowest BCUT2D eigenvalue weighted by Crippen LogP contribution is -2.43. The van der Waals surface area contributed by atoms with Crippen LogP contribution in [0.1, 0.15) is 34.3 Å². The number of carbonyl (C=O) groups excluding carboxylic acids is 1. The number of amides is 1. The molecule has 1 aliphatic carbocycles. The van der Waals surface area contributed by atoms with Gasteiger partial charge in [0.05, 0.1) is 0 Å². The highest BCUT2D eigenvalue weighted by Crippen LogP contribution is 2.20. The smallest absolute Gasteiger partial charge is 0.269 e. The van der Waals surface area contributed by atoms with E-state index in [1.54, 1.807) is 23.3 Å². The SMILES string of the molecule is O=C(NNC(=S)n1ccnc1)c1ccc2c(c1)CCCC=C2. The van der Waals surface area contributed by atoms with Crippen LogP contribution in [0.25, 0.3) is 6.08 Å². The lowest BCUT2D eigenvalue weighted by molar-refractivity contribution is 0.0943. The molecule has 0 aliphatic heterocycles. The van der Waals surface area contributed by atoms with E-state index in [2.05, 4.69) is 28.0 Å². The number of allylic oxidation sites excluding steroid dienone is 1. The lowest BCUT2D eigenvalue weighted by Gasteiger charge is -2.11. The molecule has 22 heavy (non-hydrogen) atoms. The molecule has 1 amide bonds. The maximum atomic E-state index is 12.2. The zero-order chi connectivity index (χ0) is 15.4. The van der Waals surface area contributed by atoms with Gasteiger partial charge in [-0.3, -0.25) is 20.2 Å². The Labute approximate surface area is 134 Å². The van der Waals surface area contributed by atoms with Crippen molar-refractivity contribution in [1.82, 2.24) is 20.4 Å². The second-order valence-corrected chi connectivity index (χ2v) is 5.45. The molecule has 0 spiro atoms. The second-order valence-electron chi connectivity index (χ2n) is 5.06. The number of nitrogens with zero attached hydrogens (tertiary/aromatic N) is 2. The van der Waals surface area contributed by atoms with Crippen molar-refractivity contribution < 1.29 is 4.79 Å². The zero-order valence-electron chi connectivity index (χ0n) is 12.0. The number of thiocarbonyl (C=S) groups is 1. The van der Waals surface area contributed by atoms with Crippen molar-refractivity contribution in [1.29, 1.82) is 0 Å². The van der Waals surface area contributed by atoms with Gasteiger partial charge >= 0.3 is 0 Å². The molecule has 0 saturated carbocycles. The Morgan fingerprint density at radius 2 is 2.23 bits per heavy atom. The van der Waals surface area contributed by atoms with Crippen molar-refractivity contribution in [3.63, 3.8) is 0 Å². The Kier molecular flexibility index (Phi) is 4.29. The van der Waals surface area contributed by atoms with Gasteiger partial charge in [0.25, 0.3) is 5.91 Å². The third kappa shape index (κ3) is 3.23. The number of fused-ring (bicyclic) bond motifs is 1. The molecule has 2 N–H and O–H groups in total. The number of hydrogen-bond acceptors (Lipinski definition) is 3. The summed E-state index contributed by atoms with van der Waals surface area (Å²) in [6.07, 6.45) is 12.4. The molecule has 112 valence electrons. The van der Waals surface area contributed by atoms with Gasteiger partial charge in [0.2, 0.25) is 0 Å². The second kappa shape index (κ2) is 6.53. The van der Waals surface area contributed by atoms with Crippen LogP contribution in [0.5, 0.6) is 0 Å². The third-order valence-corrected chi connectivity index (χ3v) is 3.85. The topological polar surface area (TPSA) is 59.0 Å². The molecular formula is C16H16N4OS. The van der Waals surface area contributed by atoms with Gasteiger partial charge < -0.3 is 0 Å². The summed E-state index contributed by atoms with van der Waals surface area (Å²) in [5.74, 6) is -0.210. The molecule has 1 aliphatic rings. The van der Waals surface area contributed by atoms with E-state index >= 15 is 0 Å². The summed E-state index contributed by atoms with van der Waals surface area (Å²) in [7, 11) is 0. The van der Waals surface area contributed by atoms with Gasteiger partial charge in [-0.15, -0.1) is 0 Å². The van der Waals surface area contributed by atoms with Gasteiger partial charge in [0, 0.05) is 18.0 Å². The van der Waals surface area contributed by atoms with Crippen molar-refractivity contribution in [2.24, 2.45) is 0 Å². The molecule has 6 heteroatoms. The van der Waals surface area contributed by atoms with E-state index in [-0.39, 0.29) is 5.91 Å². The van der Waals surface area contributed by atoms with Crippen molar-refractivity contribution in [3.05, 3.63) is 59.7 Å². The Bertz CT molecular complexity index is 722. The molecule has 0 bridgehead atoms. The highest BCUT2D eigenvalue weighted by atomic mass is 32.1. The average molecular weight is 312 g/mol. The molecule has 2 aromatic rings. The Morgan fingerprint density at radius 1 is 1.32 bits per heavy atom. The summed E-state index contributed by atoms with van der Waals surface area (Å²) in [5, 5.41) is 0.364. The molecule has 0 saturated heterocycles. The van der Waals surface area contributed by atoms with Crippen molar-refractivity contribution in [3.8, 4) is 0 Å². The molecule has 1 aromatic carbocycles. The predicted octanol–water partition coefficient (Wildman–Crippen LogP) is 2.30. The number of hydrazine groups is 1. The molecular weight excluding hydrogens is 296 g/mol.